The summed E-state index contributed by atoms with van der Waals surface area (Å²) in [5.74, 6) is 3.94. The van der Waals surface area contributed by atoms with Crippen LogP contribution in [0.5, 0.6) is 0 Å². The maximum Gasteiger partial charge on any atom is 0.315 e. The van der Waals surface area contributed by atoms with Crippen molar-refractivity contribution in [1.29, 1.82) is 0 Å². The van der Waals surface area contributed by atoms with Gasteiger partial charge in [-0.1, -0.05) is 66.0 Å². The summed E-state index contributed by atoms with van der Waals surface area (Å²) in [6, 6.07) is 0. The fourth-order valence-electron chi connectivity index (χ4n) is 7.58. The van der Waals surface area contributed by atoms with E-state index in [4.69, 9.17) is 4.74 Å². The van der Waals surface area contributed by atoms with E-state index >= 15 is 0 Å². The monoisotopic (exact) mass is 398 g/mol. The number of esters is 1. The molecular weight excluding hydrogens is 356 g/mol. The molecule has 0 spiro atoms. The maximum absolute atomic E-state index is 13.1. The van der Waals surface area contributed by atoms with Crippen LogP contribution in [0.1, 0.15) is 98.8 Å². The van der Waals surface area contributed by atoms with Gasteiger partial charge in [-0.25, -0.2) is 0 Å². The second kappa shape index (κ2) is 7.57. The van der Waals surface area contributed by atoms with Crippen LogP contribution in [0.25, 0.3) is 0 Å². The zero-order valence-electron chi connectivity index (χ0n) is 19.5. The van der Waals surface area contributed by atoms with Gasteiger partial charge >= 0.3 is 5.97 Å². The van der Waals surface area contributed by atoms with Crippen molar-refractivity contribution in [3.8, 4) is 0 Å². The number of carbonyl (C=O) groups excluding carboxylic acids is 1. The van der Waals surface area contributed by atoms with E-state index in [2.05, 4.69) is 41.2 Å². The Morgan fingerprint density at radius 1 is 1.07 bits per heavy atom. The number of ether oxygens (including phenoxy) is 1. The van der Waals surface area contributed by atoms with Crippen molar-refractivity contribution < 1.29 is 9.53 Å². The SMILES string of the molecule is C=C1CC[C@]2(C)C3=C(OC(=O)C2C1)[C@@H]1CC[C@H]([C@H](C)CCCC(C)C)[C@@]1(C)CC3. The minimum absolute atomic E-state index is 0.000914. The smallest absolute Gasteiger partial charge is 0.315 e. The maximum atomic E-state index is 13.1. The number of hydrogen-bond donors (Lipinski definition) is 0. The first-order valence-electron chi connectivity index (χ1n) is 12.3. The third-order valence-electron chi connectivity index (χ3n) is 9.51. The Morgan fingerprint density at radius 2 is 1.83 bits per heavy atom. The molecule has 0 N–H and O–H groups in total. The summed E-state index contributed by atoms with van der Waals surface area (Å²) in [6.07, 6.45) is 11.9. The molecule has 1 aliphatic heterocycles. The van der Waals surface area contributed by atoms with Crippen molar-refractivity contribution in [3.05, 3.63) is 23.5 Å². The second-order valence-corrected chi connectivity index (χ2v) is 11.7. The second-order valence-electron chi connectivity index (χ2n) is 11.7. The highest BCUT2D eigenvalue weighted by Crippen LogP contribution is 2.65. The fraction of sp³-hybridized carbons (Fsp3) is 0.815. The summed E-state index contributed by atoms with van der Waals surface area (Å²) < 4.78 is 6.19. The molecule has 4 aliphatic rings. The Bertz CT molecular complexity index is 716. The van der Waals surface area contributed by atoms with Gasteiger partial charge < -0.3 is 4.74 Å². The van der Waals surface area contributed by atoms with Gasteiger partial charge in [0.15, 0.2) is 0 Å². The van der Waals surface area contributed by atoms with E-state index in [1.807, 2.05) is 0 Å². The highest BCUT2D eigenvalue weighted by molar-refractivity contribution is 5.78. The third-order valence-corrected chi connectivity index (χ3v) is 9.51. The number of hydrogen-bond acceptors (Lipinski definition) is 2. The molecule has 0 saturated heterocycles. The molecule has 3 aliphatic carbocycles. The van der Waals surface area contributed by atoms with Crippen molar-refractivity contribution >= 4 is 5.97 Å². The lowest BCUT2D eigenvalue weighted by Crippen LogP contribution is -2.48. The summed E-state index contributed by atoms with van der Waals surface area (Å²) in [4.78, 5) is 13.1. The molecule has 0 radical (unpaired) electrons. The van der Waals surface area contributed by atoms with Crippen molar-refractivity contribution in [2.45, 2.75) is 98.8 Å². The Morgan fingerprint density at radius 3 is 2.55 bits per heavy atom. The number of carbonyl (C=O) groups is 1. The van der Waals surface area contributed by atoms with Crippen LogP contribution in [-0.2, 0) is 9.53 Å². The predicted molar refractivity (Wildman–Crippen MR) is 119 cm³/mol. The Labute approximate surface area is 178 Å². The van der Waals surface area contributed by atoms with Crippen LogP contribution < -0.4 is 0 Å². The van der Waals surface area contributed by atoms with Gasteiger partial charge in [0.25, 0.3) is 0 Å². The predicted octanol–water partition coefficient (Wildman–Crippen LogP) is 7.45. The molecule has 2 saturated carbocycles. The number of fused-ring (bicyclic) bond motifs is 4. The summed E-state index contributed by atoms with van der Waals surface area (Å²) in [5.41, 5.74) is 3.04. The summed E-state index contributed by atoms with van der Waals surface area (Å²) >= 11 is 0. The lowest BCUT2D eigenvalue weighted by Gasteiger charge is -2.52. The van der Waals surface area contributed by atoms with Crippen LogP contribution in [-0.4, -0.2) is 5.97 Å². The molecule has 2 fully saturated rings. The molecule has 6 atom stereocenters. The van der Waals surface area contributed by atoms with E-state index in [0.717, 1.165) is 49.2 Å². The first kappa shape index (κ1) is 21.2. The number of rotatable bonds is 5. The lowest BCUT2D eigenvalue weighted by molar-refractivity contribution is -0.155. The Balaban J connectivity index is 1.57. The molecule has 2 nitrogen and oxygen atoms in total. The molecule has 162 valence electrons. The van der Waals surface area contributed by atoms with Crippen LogP contribution >= 0.6 is 0 Å². The lowest BCUT2D eigenvalue weighted by atomic mass is 9.54. The van der Waals surface area contributed by atoms with E-state index in [1.54, 1.807) is 0 Å². The molecular formula is C27H42O2. The van der Waals surface area contributed by atoms with Gasteiger partial charge in [-0.3, -0.25) is 4.79 Å². The third kappa shape index (κ3) is 3.43. The van der Waals surface area contributed by atoms with Gasteiger partial charge in [-0.15, -0.1) is 0 Å². The van der Waals surface area contributed by atoms with Gasteiger partial charge in [0.05, 0.1) is 5.92 Å². The Hall–Kier alpha value is -1.05. The molecule has 29 heavy (non-hydrogen) atoms. The van der Waals surface area contributed by atoms with Crippen LogP contribution in [0, 0.1) is 40.4 Å². The van der Waals surface area contributed by atoms with E-state index in [0.29, 0.717) is 11.3 Å². The largest absolute Gasteiger partial charge is 0.431 e. The number of allylic oxidation sites excluding steroid dienone is 3. The van der Waals surface area contributed by atoms with Crippen molar-refractivity contribution in [2.75, 3.05) is 0 Å². The average molecular weight is 399 g/mol. The molecule has 2 heteroatoms. The zero-order chi connectivity index (χ0) is 21.0. The standard InChI is InChI=1S/C27H42O2/c1-17(2)8-7-9-19(4)20-10-11-21-24-22(13-15-26(20,21)5)27(6)14-12-18(3)16-23(27)25(28)29-24/h17,19-21,23H,3,7-16H2,1-2,4-6H3/t19-,20-,21+,23?,26-,27-/m1/s1. The highest BCUT2D eigenvalue weighted by atomic mass is 16.5. The van der Waals surface area contributed by atoms with Crippen LogP contribution in [0.15, 0.2) is 23.5 Å². The summed E-state index contributed by atoms with van der Waals surface area (Å²) in [5, 5.41) is 0. The minimum Gasteiger partial charge on any atom is -0.431 e. The summed E-state index contributed by atoms with van der Waals surface area (Å²) in [6.45, 7) is 16.2. The quantitative estimate of drug-likeness (QED) is 0.355. The topological polar surface area (TPSA) is 26.3 Å². The molecule has 0 aromatic carbocycles. The van der Waals surface area contributed by atoms with Gasteiger partial charge in [0.1, 0.15) is 5.76 Å². The van der Waals surface area contributed by atoms with E-state index in [-0.39, 0.29) is 17.3 Å². The zero-order valence-corrected chi connectivity index (χ0v) is 19.5. The molecule has 1 heterocycles. The molecule has 4 rings (SSSR count). The molecule has 0 aromatic heterocycles. The van der Waals surface area contributed by atoms with Crippen molar-refractivity contribution in [1.82, 2.24) is 0 Å². The minimum atomic E-state index is -0.000914. The molecule has 0 amide bonds. The highest BCUT2D eigenvalue weighted by Gasteiger charge is 2.58. The van der Waals surface area contributed by atoms with Crippen LogP contribution in [0.4, 0.5) is 0 Å². The van der Waals surface area contributed by atoms with Crippen LogP contribution in [0.2, 0.25) is 0 Å². The Kier molecular flexibility index (Phi) is 5.53. The van der Waals surface area contributed by atoms with E-state index < -0.39 is 0 Å². The normalized spacial score (nSPS) is 40.4. The summed E-state index contributed by atoms with van der Waals surface area (Å²) in [7, 11) is 0. The first-order chi connectivity index (χ1) is 13.7. The van der Waals surface area contributed by atoms with E-state index in [9.17, 15) is 4.79 Å². The van der Waals surface area contributed by atoms with E-state index in [1.165, 1.54) is 49.7 Å². The fourth-order valence-corrected chi connectivity index (χ4v) is 7.58. The molecule has 0 aromatic rings. The molecule has 0 bridgehead atoms. The van der Waals surface area contributed by atoms with Crippen molar-refractivity contribution in [2.24, 2.45) is 40.4 Å². The van der Waals surface area contributed by atoms with Gasteiger partial charge in [0.2, 0.25) is 0 Å². The van der Waals surface area contributed by atoms with Crippen LogP contribution in [0.3, 0.4) is 0 Å². The first-order valence-corrected chi connectivity index (χ1v) is 12.3. The molecule has 1 unspecified atom stereocenters. The van der Waals surface area contributed by atoms with Gasteiger partial charge in [0, 0.05) is 11.3 Å². The van der Waals surface area contributed by atoms with Gasteiger partial charge in [-0.2, -0.15) is 0 Å². The van der Waals surface area contributed by atoms with Gasteiger partial charge in [-0.05, 0) is 73.7 Å². The average Bonchev–Trinajstić information content (AvgIpc) is 3.00. The van der Waals surface area contributed by atoms with Crippen molar-refractivity contribution in [3.63, 3.8) is 0 Å².